The van der Waals surface area contributed by atoms with Crippen LogP contribution in [0, 0.1) is 22.7 Å². The van der Waals surface area contributed by atoms with Crippen LogP contribution in [-0.2, 0) is 9.59 Å². The molecule has 0 fully saturated rings. The van der Waals surface area contributed by atoms with E-state index in [1.807, 2.05) is 0 Å². The summed E-state index contributed by atoms with van der Waals surface area (Å²) < 4.78 is 0. The Kier molecular flexibility index (Phi) is 19.8. The summed E-state index contributed by atoms with van der Waals surface area (Å²) in [5, 5.41) is 33.7. The summed E-state index contributed by atoms with van der Waals surface area (Å²) in [7, 11) is 0. The van der Waals surface area contributed by atoms with Crippen LogP contribution in [0.5, 0.6) is 0 Å². The first kappa shape index (κ1) is 18.3. The van der Waals surface area contributed by atoms with Crippen molar-refractivity contribution >= 4 is 60.8 Å². The van der Waals surface area contributed by atoms with Crippen LogP contribution in [0.2, 0.25) is 0 Å². The fourth-order valence-corrected chi connectivity index (χ4v) is 0.129. The maximum Gasteiger partial charge on any atom is 2.00 e. The third-order valence-electron chi connectivity index (χ3n) is 0.447. The summed E-state index contributed by atoms with van der Waals surface area (Å²) in [5.41, 5.74) is 0. The summed E-state index contributed by atoms with van der Waals surface area (Å²) in [6.07, 6.45) is -1.03. The van der Waals surface area contributed by atoms with Crippen molar-refractivity contribution in [3.63, 3.8) is 0 Å². The van der Waals surface area contributed by atoms with E-state index in [1.54, 1.807) is 0 Å². The zero-order chi connectivity index (χ0) is 9.98. The zero-order valence-electron chi connectivity index (χ0n) is 6.65. The van der Waals surface area contributed by atoms with E-state index in [0.29, 0.717) is 0 Å². The molecule has 7 heteroatoms. The van der Waals surface area contributed by atoms with Gasteiger partial charge in [-0.15, -0.1) is 0 Å². The van der Waals surface area contributed by atoms with Crippen LogP contribution < -0.4 is 10.2 Å². The molecule has 6 nitrogen and oxygen atoms in total. The Labute approximate surface area is 115 Å². The minimum absolute atomic E-state index is 0. The van der Waals surface area contributed by atoms with E-state index in [9.17, 15) is 19.8 Å². The van der Waals surface area contributed by atoms with Gasteiger partial charge in [0, 0.05) is 0 Å². The molecule has 13 heavy (non-hydrogen) atoms. The maximum absolute atomic E-state index is 9.27. The van der Waals surface area contributed by atoms with Gasteiger partial charge in [0.2, 0.25) is 0 Å². The molecule has 0 aromatic rings. The Morgan fingerprint density at radius 1 is 1.00 bits per heavy atom. The van der Waals surface area contributed by atoms with Gasteiger partial charge >= 0.3 is 48.9 Å². The molecule has 0 amide bonds. The van der Waals surface area contributed by atoms with Crippen molar-refractivity contribution < 1.29 is 19.8 Å². The van der Waals surface area contributed by atoms with Crippen LogP contribution in [0.25, 0.3) is 0 Å². The number of carboxylic acids is 2. The monoisotopic (exact) mass is 306 g/mol. The molecular formula is C6H4BaN2O4. The van der Waals surface area contributed by atoms with Crippen molar-refractivity contribution in [1.82, 2.24) is 0 Å². The number of carbonyl (C=O) groups excluding carboxylic acids is 2. The van der Waals surface area contributed by atoms with Crippen LogP contribution >= 0.6 is 0 Å². The fraction of sp³-hybridized carbons (Fsp3) is 0.333. The van der Waals surface area contributed by atoms with Crippen LogP contribution in [0.15, 0.2) is 0 Å². The molecule has 0 bridgehead atoms. The van der Waals surface area contributed by atoms with Crippen LogP contribution in [0.3, 0.4) is 0 Å². The maximum atomic E-state index is 9.27. The van der Waals surface area contributed by atoms with Gasteiger partial charge in [-0.1, -0.05) is 0 Å². The Morgan fingerprint density at radius 3 is 1.23 bits per heavy atom. The molecule has 0 aliphatic carbocycles. The molecule has 0 spiro atoms. The third-order valence-corrected chi connectivity index (χ3v) is 0.447. The van der Waals surface area contributed by atoms with Crippen LogP contribution in [0.1, 0.15) is 12.8 Å². The minimum atomic E-state index is -1.32. The standard InChI is InChI=1S/2C3H3NO2.Ba/c2*4-2-1-3(5)6;/h2*1H2,(H,5,6);/q;;+2/p-2. The normalized spacial score (nSPS) is 6.00. The SMILES string of the molecule is N#CCC(=O)[O-].N#CCC(=O)[O-].[Ba+2]. The largest absolute Gasteiger partial charge is 2.00 e. The van der Waals surface area contributed by atoms with Gasteiger partial charge in [0.25, 0.3) is 0 Å². The van der Waals surface area contributed by atoms with Crippen molar-refractivity contribution in [1.29, 1.82) is 10.5 Å². The zero-order valence-corrected chi connectivity index (χ0v) is 11.1. The second kappa shape index (κ2) is 14.0. The van der Waals surface area contributed by atoms with Crippen LogP contribution in [-0.4, -0.2) is 60.8 Å². The van der Waals surface area contributed by atoms with Gasteiger partial charge in [-0.05, 0) is 0 Å². The Hall–Kier alpha value is -0.509. The minimum Gasteiger partial charge on any atom is -0.549 e. The first-order chi connectivity index (χ1) is 5.54. The molecule has 0 unspecified atom stereocenters. The van der Waals surface area contributed by atoms with E-state index in [0.717, 1.165) is 0 Å². The van der Waals surface area contributed by atoms with E-state index in [4.69, 9.17) is 10.5 Å². The Morgan fingerprint density at radius 2 is 1.23 bits per heavy atom. The van der Waals surface area contributed by atoms with Crippen molar-refractivity contribution in [2.45, 2.75) is 12.8 Å². The molecular weight excluding hydrogens is 301 g/mol. The van der Waals surface area contributed by atoms with Gasteiger partial charge in [0.15, 0.2) is 0 Å². The molecule has 0 aliphatic rings. The predicted molar refractivity (Wildman–Crippen MR) is 36.2 cm³/mol. The second-order valence-electron chi connectivity index (χ2n) is 1.41. The van der Waals surface area contributed by atoms with Gasteiger partial charge in [0.1, 0.15) is 0 Å². The fourth-order valence-electron chi connectivity index (χ4n) is 0.129. The van der Waals surface area contributed by atoms with Gasteiger partial charge < -0.3 is 19.8 Å². The molecule has 64 valence electrons. The van der Waals surface area contributed by atoms with Gasteiger partial charge in [-0.2, -0.15) is 10.5 Å². The van der Waals surface area contributed by atoms with Gasteiger partial charge in [-0.3, -0.25) is 0 Å². The number of carboxylic acid groups (broad SMARTS) is 2. The second-order valence-corrected chi connectivity index (χ2v) is 1.41. The molecule has 0 atom stereocenters. The number of hydrogen-bond donors (Lipinski definition) is 0. The molecule has 0 rings (SSSR count). The predicted octanol–water partition coefficient (Wildman–Crippen LogP) is -3.08. The van der Waals surface area contributed by atoms with Crippen LogP contribution in [0.4, 0.5) is 0 Å². The van der Waals surface area contributed by atoms with Crippen molar-refractivity contribution in [2.24, 2.45) is 0 Å². The Bertz CT molecular complexity index is 214. The number of hydrogen-bond acceptors (Lipinski definition) is 6. The average molecular weight is 305 g/mol. The van der Waals surface area contributed by atoms with Gasteiger partial charge in [-0.25, -0.2) is 0 Å². The van der Waals surface area contributed by atoms with Crippen molar-refractivity contribution in [3.8, 4) is 12.1 Å². The summed E-state index contributed by atoms with van der Waals surface area (Å²) in [6, 6.07) is 2.81. The summed E-state index contributed by atoms with van der Waals surface area (Å²) in [4.78, 5) is 18.5. The molecule has 0 saturated heterocycles. The van der Waals surface area contributed by atoms with Crippen molar-refractivity contribution in [2.75, 3.05) is 0 Å². The first-order valence-electron chi connectivity index (χ1n) is 2.68. The van der Waals surface area contributed by atoms with E-state index in [1.165, 1.54) is 12.1 Å². The number of nitriles is 2. The quantitative estimate of drug-likeness (QED) is 0.498. The molecule has 0 aromatic carbocycles. The van der Waals surface area contributed by atoms with E-state index < -0.39 is 24.8 Å². The van der Waals surface area contributed by atoms with Gasteiger partial charge in [0.05, 0.1) is 36.9 Å². The first-order valence-corrected chi connectivity index (χ1v) is 2.68. The number of carbonyl (C=O) groups is 2. The number of rotatable bonds is 2. The number of aliphatic carboxylic acids is 2. The topological polar surface area (TPSA) is 128 Å². The summed E-state index contributed by atoms with van der Waals surface area (Å²) >= 11 is 0. The molecule has 0 aromatic heterocycles. The molecule has 0 radical (unpaired) electrons. The average Bonchev–Trinajstić information content (AvgIpc) is 1.87. The van der Waals surface area contributed by atoms with E-state index >= 15 is 0 Å². The van der Waals surface area contributed by atoms with E-state index in [-0.39, 0.29) is 48.9 Å². The Balaban J connectivity index is -0.000000143. The summed E-state index contributed by atoms with van der Waals surface area (Å²) in [5.74, 6) is -2.64. The molecule has 0 saturated carbocycles. The van der Waals surface area contributed by atoms with Crippen molar-refractivity contribution in [3.05, 3.63) is 0 Å². The smallest absolute Gasteiger partial charge is 0.549 e. The summed E-state index contributed by atoms with van der Waals surface area (Å²) in [6.45, 7) is 0. The number of nitrogens with zero attached hydrogens (tertiary/aromatic N) is 2. The molecule has 0 N–H and O–H groups in total. The third kappa shape index (κ3) is 34.3. The molecule has 0 aliphatic heterocycles. The molecule has 0 heterocycles. The van der Waals surface area contributed by atoms with E-state index in [2.05, 4.69) is 0 Å².